The van der Waals surface area contributed by atoms with Gasteiger partial charge in [0.1, 0.15) is 5.82 Å². The summed E-state index contributed by atoms with van der Waals surface area (Å²) >= 11 is 3.20. The molecular formula is C8H10BrN3O. The summed E-state index contributed by atoms with van der Waals surface area (Å²) in [6.45, 7) is 1.61. The fourth-order valence-corrected chi connectivity index (χ4v) is 1.22. The average molecular weight is 244 g/mol. The van der Waals surface area contributed by atoms with Crippen molar-refractivity contribution in [3.05, 3.63) is 22.3 Å². The van der Waals surface area contributed by atoms with Gasteiger partial charge < -0.3 is 11.5 Å². The molecule has 1 aromatic rings. The molecule has 1 rings (SSSR count). The lowest BCUT2D eigenvalue weighted by Crippen LogP contribution is -2.27. The Morgan fingerprint density at radius 2 is 2.31 bits per heavy atom. The van der Waals surface area contributed by atoms with Crippen LogP contribution in [0.25, 0.3) is 0 Å². The summed E-state index contributed by atoms with van der Waals surface area (Å²) in [5.41, 5.74) is 11.3. The van der Waals surface area contributed by atoms with Gasteiger partial charge in [-0.2, -0.15) is 0 Å². The van der Waals surface area contributed by atoms with Gasteiger partial charge in [0, 0.05) is 10.7 Å². The third kappa shape index (κ3) is 2.26. The number of nitrogens with zero attached hydrogens (tertiary/aromatic N) is 1. The van der Waals surface area contributed by atoms with Crippen LogP contribution in [0.15, 0.2) is 16.7 Å². The molecule has 13 heavy (non-hydrogen) atoms. The summed E-state index contributed by atoms with van der Waals surface area (Å²) in [5, 5.41) is 0. The fraction of sp³-hybridized carbons (Fsp3) is 0.250. The smallest absolute Gasteiger partial charge is 0.182 e. The summed E-state index contributed by atoms with van der Waals surface area (Å²) in [7, 11) is 0. The maximum absolute atomic E-state index is 11.5. The Morgan fingerprint density at radius 3 is 2.85 bits per heavy atom. The predicted octanol–water partition coefficient (Wildman–Crippen LogP) is 0.956. The minimum atomic E-state index is -0.557. The van der Waals surface area contributed by atoms with Crippen LogP contribution >= 0.6 is 15.9 Å². The normalized spacial score (nSPS) is 12.5. The van der Waals surface area contributed by atoms with E-state index in [9.17, 15) is 4.79 Å². The number of hydrogen-bond donors (Lipinski definition) is 2. The summed E-state index contributed by atoms with van der Waals surface area (Å²) < 4.78 is 0.714. The van der Waals surface area contributed by atoms with Crippen molar-refractivity contribution in [2.75, 3.05) is 5.73 Å². The molecule has 1 atom stereocenters. The van der Waals surface area contributed by atoms with E-state index in [0.29, 0.717) is 10.0 Å². The molecule has 0 aliphatic heterocycles. The maximum Gasteiger partial charge on any atom is 0.182 e. The van der Waals surface area contributed by atoms with E-state index in [1.165, 1.54) is 6.20 Å². The number of carbonyl (C=O) groups is 1. The molecule has 1 unspecified atom stereocenters. The predicted molar refractivity (Wildman–Crippen MR) is 54.3 cm³/mol. The standard InChI is InChI=1S/C8H10BrN3O/c1-4(10)7(13)6-2-5(9)3-12-8(6)11/h2-4H,10H2,1H3,(H2,11,12). The number of aromatic nitrogens is 1. The molecule has 4 nitrogen and oxygen atoms in total. The number of pyridine rings is 1. The van der Waals surface area contributed by atoms with E-state index in [4.69, 9.17) is 11.5 Å². The fourth-order valence-electron chi connectivity index (χ4n) is 0.892. The zero-order valence-corrected chi connectivity index (χ0v) is 8.71. The second kappa shape index (κ2) is 3.85. The number of rotatable bonds is 2. The van der Waals surface area contributed by atoms with Gasteiger partial charge in [-0.25, -0.2) is 4.98 Å². The van der Waals surface area contributed by atoms with Gasteiger partial charge >= 0.3 is 0 Å². The zero-order valence-electron chi connectivity index (χ0n) is 7.12. The molecule has 0 amide bonds. The SMILES string of the molecule is CC(N)C(=O)c1cc(Br)cnc1N. The molecule has 0 aromatic carbocycles. The van der Waals surface area contributed by atoms with Gasteiger partial charge in [-0.3, -0.25) is 4.79 Å². The van der Waals surface area contributed by atoms with Crippen LogP contribution in [-0.2, 0) is 0 Å². The van der Waals surface area contributed by atoms with Crippen LogP contribution in [0.4, 0.5) is 5.82 Å². The molecule has 0 saturated carbocycles. The second-order valence-electron chi connectivity index (χ2n) is 2.74. The Morgan fingerprint density at radius 1 is 1.69 bits per heavy atom. The Bertz CT molecular complexity index is 338. The van der Waals surface area contributed by atoms with Gasteiger partial charge in [0.05, 0.1) is 11.6 Å². The van der Waals surface area contributed by atoms with Crippen LogP contribution in [0.2, 0.25) is 0 Å². The number of Topliss-reactive ketones (excluding diaryl/α,β-unsaturated/α-hetero) is 1. The van der Waals surface area contributed by atoms with Crippen molar-refractivity contribution in [2.24, 2.45) is 5.73 Å². The van der Waals surface area contributed by atoms with Crippen LogP contribution < -0.4 is 11.5 Å². The summed E-state index contributed by atoms with van der Waals surface area (Å²) in [4.78, 5) is 15.3. The molecule has 4 N–H and O–H groups in total. The monoisotopic (exact) mass is 243 g/mol. The lowest BCUT2D eigenvalue weighted by atomic mass is 10.1. The van der Waals surface area contributed by atoms with Crippen molar-refractivity contribution in [2.45, 2.75) is 13.0 Å². The summed E-state index contributed by atoms with van der Waals surface area (Å²) in [5.74, 6) is 0.0109. The topological polar surface area (TPSA) is 82.0 Å². The number of carbonyl (C=O) groups excluding carboxylic acids is 1. The Kier molecular flexibility index (Phi) is 3.00. The molecule has 1 heterocycles. The highest BCUT2D eigenvalue weighted by Crippen LogP contribution is 2.16. The van der Waals surface area contributed by atoms with Crippen LogP contribution in [0.1, 0.15) is 17.3 Å². The zero-order chi connectivity index (χ0) is 10.0. The highest BCUT2D eigenvalue weighted by Gasteiger charge is 2.14. The van der Waals surface area contributed by atoms with Gasteiger partial charge in [0.15, 0.2) is 5.78 Å². The van der Waals surface area contributed by atoms with Gasteiger partial charge in [-0.05, 0) is 28.9 Å². The van der Waals surface area contributed by atoms with Gasteiger partial charge in [0.25, 0.3) is 0 Å². The number of anilines is 1. The molecule has 0 radical (unpaired) electrons. The summed E-state index contributed by atoms with van der Waals surface area (Å²) in [6, 6.07) is 1.06. The number of halogens is 1. The number of ketones is 1. The van der Waals surface area contributed by atoms with Crippen molar-refractivity contribution >= 4 is 27.5 Å². The molecular weight excluding hydrogens is 234 g/mol. The highest BCUT2D eigenvalue weighted by atomic mass is 79.9. The Balaban J connectivity index is 3.13. The molecule has 0 bridgehead atoms. The van der Waals surface area contributed by atoms with E-state index in [2.05, 4.69) is 20.9 Å². The first-order valence-corrected chi connectivity index (χ1v) is 4.52. The van der Waals surface area contributed by atoms with Crippen LogP contribution in [0.5, 0.6) is 0 Å². The van der Waals surface area contributed by atoms with Crippen molar-refractivity contribution in [3.8, 4) is 0 Å². The number of nitrogen functional groups attached to an aromatic ring is 1. The van der Waals surface area contributed by atoms with Crippen molar-refractivity contribution in [3.63, 3.8) is 0 Å². The minimum absolute atomic E-state index is 0.202. The van der Waals surface area contributed by atoms with Crippen LogP contribution in [0, 0.1) is 0 Å². The molecule has 0 aliphatic rings. The molecule has 70 valence electrons. The quantitative estimate of drug-likeness (QED) is 0.759. The van der Waals surface area contributed by atoms with Gasteiger partial charge in [-0.15, -0.1) is 0 Å². The molecule has 5 heteroatoms. The van der Waals surface area contributed by atoms with Gasteiger partial charge in [-0.1, -0.05) is 0 Å². The molecule has 0 aliphatic carbocycles. The van der Waals surface area contributed by atoms with Crippen molar-refractivity contribution < 1.29 is 4.79 Å². The first-order chi connectivity index (χ1) is 6.02. The minimum Gasteiger partial charge on any atom is -0.383 e. The Labute approximate surface area is 84.5 Å². The number of nitrogens with two attached hydrogens (primary N) is 2. The average Bonchev–Trinajstić information content (AvgIpc) is 2.08. The van der Waals surface area contributed by atoms with E-state index >= 15 is 0 Å². The lowest BCUT2D eigenvalue weighted by molar-refractivity contribution is 0.0968. The second-order valence-corrected chi connectivity index (χ2v) is 3.65. The van der Waals surface area contributed by atoms with E-state index in [-0.39, 0.29) is 11.6 Å². The molecule has 0 saturated heterocycles. The van der Waals surface area contributed by atoms with E-state index in [1.807, 2.05) is 0 Å². The molecule has 0 spiro atoms. The first kappa shape index (κ1) is 10.1. The van der Waals surface area contributed by atoms with Crippen LogP contribution in [0.3, 0.4) is 0 Å². The van der Waals surface area contributed by atoms with Crippen molar-refractivity contribution in [1.82, 2.24) is 4.98 Å². The van der Waals surface area contributed by atoms with E-state index in [0.717, 1.165) is 0 Å². The largest absolute Gasteiger partial charge is 0.383 e. The number of hydrogen-bond acceptors (Lipinski definition) is 4. The summed E-state index contributed by atoms with van der Waals surface area (Å²) in [6.07, 6.45) is 1.54. The molecule has 0 fully saturated rings. The van der Waals surface area contributed by atoms with Crippen LogP contribution in [-0.4, -0.2) is 16.8 Å². The molecule has 1 aromatic heterocycles. The van der Waals surface area contributed by atoms with E-state index in [1.54, 1.807) is 13.0 Å². The highest BCUT2D eigenvalue weighted by molar-refractivity contribution is 9.10. The maximum atomic E-state index is 11.5. The van der Waals surface area contributed by atoms with Gasteiger partial charge in [0.2, 0.25) is 0 Å². The first-order valence-electron chi connectivity index (χ1n) is 3.73. The third-order valence-electron chi connectivity index (χ3n) is 1.56. The lowest BCUT2D eigenvalue weighted by Gasteiger charge is -2.06. The van der Waals surface area contributed by atoms with E-state index < -0.39 is 6.04 Å². The third-order valence-corrected chi connectivity index (χ3v) is 2.00. The Hall–Kier alpha value is -0.940. The van der Waals surface area contributed by atoms with Crippen molar-refractivity contribution in [1.29, 1.82) is 0 Å².